The number of nitrogen functional groups attached to an aromatic ring is 2. The Labute approximate surface area is 108 Å². The third-order valence-corrected chi connectivity index (χ3v) is 3.18. The Morgan fingerprint density at radius 1 is 1.41 bits per heavy atom. The van der Waals surface area contributed by atoms with E-state index < -0.39 is 0 Å². The molecule has 17 heavy (non-hydrogen) atoms. The van der Waals surface area contributed by atoms with Gasteiger partial charge in [0.05, 0.1) is 11.6 Å². The summed E-state index contributed by atoms with van der Waals surface area (Å²) in [6.07, 6.45) is 0. The highest BCUT2D eigenvalue weighted by Crippen LogP contribution is 2.35. The Morgan fingerprint density at radius 2 is 2.18 bits per heavy atom. The van der Waals surface area contributed by atoms with Gasteiger partial charge >= 0.3 is 0 Å². The maximum absolute atomic E-state index is 6.10. The highest BCUT2D eigenvalue weighted by molar-refractivity contribution is 7.19. The van der Waals surface area contributed by atoms with Crippen molar-refractivity contribution in [2.24, 2.45) is 0 Å². The van der Waals surface area contributed by atoms with E-state index in [1.165, 1.54) is 11.3 Å². The van der Waals surface area contributed by atoms with Gasteiger partial charge in [0.15, 0.2) is 5.13 Å². The zero-order chi connectivity index (χ0) is 12.4. The molecule has 0 aliphatic rings. The van der Waals surface area contributed by atoms with Crippen molar-refractivity contribution in [2.75, 3.05) is 18.1 Å². The molecule has 0 unspecified atom stereocenters. The normalized spacial score (nSPS) is 10.5. The van der Waals surface area contributed by atoms with E-state index in [4.69, 9.17) is 27.8 Å². The van der Waals surface area contributed by atoms with Crippen LogP contribution in [0, 0.1) is 0 Å². The fourth-order valence-corrected chi connectivity index (χ4v) is 2.33. The van der Waals surface area contributed by atoms with E-state index >= 15 is 0 Å². The van der Waals surface area contributed by atoms with Gasteiger partial charge < -0.3 is 16.2 Å². The van der Waals surface area contributed by atoms with E-state index in [0.717, 1.165) is 5.56 Å². The van der Waals surface area contributed by atoms with Crippen LogP contribution in [0.4, 0.5) is 10.1 Å². The monoisotopic (exact) mass is 269 g/mol. The van der Waals surface area contributed by atoms with Gasteiger partial charge in [-0.05, 0) is 25.1 Å². The highest BCUT2D eigenvalue weighted by Gasteiger charge is 2.11. The number of nitrogens with two attached hydrogens (primary N) is 2. The second kappa shape index (κ2) is 4.81. The molecule has 0 amide bonds. The Hall–Kier alpha value is -1.46. The zero-order valence-electron chi connectivity index (χ0n) is 9.24. The van der Waals surface area contributed by atoms with Crippen molar-refractivity contribution in [2.45, 2.75) is 6.92 Å². The fourth-order valence-electron chi connectivity index (χ4n) is 1.48. The molecular weight excluding hydrogens is 258 g/mol. The van der Waals surface area contributed by atoms with Crippen molar-refractivity contribution in [3.8, 4) is 17.0 Å². The average molecular weight is 270 g/mol. The van der Waals surface area contributed by atoms with Crippen molar-refractivity contribution < 1.29 is 4.74 Å². The van der Waals surface area contributed by atoms with Gasteiger partial charge in [-0.25, -0.2) is 4.98 Å². The van der Waals surface area contributed by atoms with E-state index in [1.807, 2.05) is 13.0 Å². The first kappa shape index (κ1) is 12.0. The summed E-state index contributed by atoms with van der Waals surface area (Å²) in [5.41, 5.74) is 12.9. The maximum atomic E-state index is 6.10. The lowest BCUT2D eigenvalue weighted by molar-refractivity contribution is 0.340. The quantitative estimate of drug-likeness (QED) is 0.898. The van der Waals surface area contributed by atoms with Gasteiger partial charge in [-0.1, -0.05) is 22.9 Å². The molecule has 0 saturated heterocycles. The minimum absolute atomic E-state index is 0.447. The van der Waals surface area contributed by atoms with Crippen LogP contribution in [0.1, 0.15) is 6.92 Å². The number of hydrogen-bond donors (Lipinski definition) is 2. The first-order chi connectivity index (χ1) is 8.11. The molecular formula is C11H12ClN3OS. The maximum Gasteiger partial charge on any atom is 0.182 e. The van der Waals surface area contributed by atoms with Crippen LogP contribution in [0.5, 0.6) is 5.75 Å². The van der Waals surface area contributed by atoms with Gasteiger partial charge in [0, 0.05) is 5.56 Å². The van der Waals surface area contributed by atoms with Gasteiger partial charge in [-0.15, -0.1) is 0 Å². The van der Waals surface area contributed by atoms with Crippen molar-refractivity contribution in [3.05, 3.63) is 23.2 Å². The van der Waals surface area contributed by atoms with Crippen LogP contribution in [0.25, 0.3) is 11.3 Å². The largest absolute Gasteiger partial charge is 0.492 e. The molecule has 1 heterocycles. The van der Waals surface area contributed by atoms with Crippen LogP contribution in [0.15, 0.2) is 18.2 Å². The molecule has 90 valence electrons. The molecule has 4 N–H and O–H groups in total. The predicted molar refractivity (Wildman–Crippen MR) is 72.6 cm³/mol. The molecule has 0 aliphatic heterocycles. The Bertz CT molecular complexity index is 542. The molecule has 2 aromatic rings. The summed E-state index contributed by atoms with van der Waals surface area (Å²) in [5, 5.41) is 1.57. The lowest BCUT2D eigenvalue weighted by Crippen LogP contribution is -1.93. The van der Waals surface area contributed by atoms with Crippen molar-refractivity contribution in [3.63, 3.8) is 0 Å². The van der Waals surface area contributed by atoms with Crippen LogP contribution in [0.2, 0.25) is 5.02 Å². The van der Waals surface area contributed by atoms with Crippen molar-refractivity contribution in [1.29, 1.82) is 0 Å². The van der Waals surface area contributed by atoms with Gasteiger partial charge in [0.1, 0.15) is 16.4 Å². The smallest absolute Gasteiger partial charge is 0.182 e. The molecule has 2 rings (SSSR count). The lowest BCUT2D eigenvalue weighted by atomic mass is 10.1. The molecule has 6 heteroatoms. The lowest BCUT2D eigenvalue weighted by Gasteiger charge is -2.06. The van der Waals surface area contributed by atoms with Crippen molar-refractivity contribution >= 4 is 33.1 Å². The number of aromatic nitrogens is 1. The molecule has 0 bridgehead atoms. The Balaban J connectivity index is 2.41. The molecule has 0 spiro atoms. The third kappa shape index (κ3) is 2.45. The summed E-state index contributed by atoms with van der Waals surface area (Å²) in [7, 11) is 0. The number of nitrogens with zero attached hydrogens (tertiary/aromatic N) is 1. The molecule has 0 aliphatic carbocycles. The van der Waals surface area contributed by atoms with E-state index in [9.17, 15) is 0 Å². The van der Waals surface area contributed by atoms with Crippen molar-refractivity contribution in [1.82, 2.24) is 4.98 Å². The van der Waals surface area contributed by atoms with Crippen LogP contribution in [0.3, 0.4) is 0 Å². The van der Waals surface area contributed by atoms with Crippen LogP contribution >= 0.6 is 22.9 Å². The standard InChI is InChI=1S/C11H12ClN3OS/c1-2-16-8-4-3-6(5-7(8)12)9-10(13)17-11(14)15-9/h3-5H,2,13H2,1H3,(H2,14,15). The topological polar surface area (TPSA) is 74.2 Å². The van der Waals surface area contributed by atoms with Gasteiger partial charge in [-0.3, -0.25) is 0 Å². The summed E-state index contributed by atoms with van der Waals surface area (Å²) >= 11 is 7.35. The minimum atomic E-state index is 0.447. The second-order valence-corrected chi connectivity index (χ2v) is 4.81. The zero-order valence-corrected chi connectivity index (χ0v) is 10.8. The SMILES string of the molecule is CCOc1ccc(-c2nc(N)sc2N)cc1Cl. The Morgan fingerprint density at radius 3 is 2.71 bits per heavy atom. The van der Waals surface area contributed by atoms with Crippen LogP contribution in [-0.2, 0) is 0 Å². The van der Waals surface area contributed by atoms with Gasteiger partial charge in [0.2, 0.25) is 0 Å². The number of ether oxygens (including phenoxy) is 1. The van der Waals surface area contributed by atoms with E-state index in [-0.39, 0.29) is 0 Å². The fraction of sp³-hybridized carbons (Fsp3) is 0.182. The van der Waals surface area contributed by atoms with E-state index in [0.29, 0.717) is 33.2 Å². The summed E-state index contributed by atoms with van der Waals surface area (Å²) in [6, 6.07) is 5.44. The average Bonchev–Trinajstić information content (AvgIpc) is 2.61. The number of benzene rings is 1. The molecule has 4 nitrogen and oxygen atoms in total. The number of rotatable bonds is 3. The summed E-state index contributed by atoms with van der Waals surface area (Å²) in [5.74, 6) is 0.652. The predicted octanol–water partition coefficient (Wildman–Crippen LogP) is 3.03. The molecule has 0 saturated carbocycles. The third-order valence-electron chi connectivity index (χ3n) is 2.18. The minimum Gasteiger partial charge on any atom is -0.492 e. The van der Waals surface area contributed by atoms with Crippen LogP contribution < -0.4 is 16.2 Å². The Kier molecular flexibility index (Phi) is 3.40. The first-order valence-corrected chi connectivity index (χ1v) is 6.25. The number of hydrogen-bond acceptors (Lipinski definition) is 5. The van der Waals surface area contributed by atoms with Gasteiger partial charge in [-0.2, -0.15) is 0 Å². The molecule has 0 radical (unpaired) electrons. The molecule has 0 fully saturated rings. The second-order valence-electron chi connectivity index (χ2n) is 3.34. The summed E-state index contributed by atoms with van der Waals surface area (Å²) < 4.78 is 5.36. The van der Waals surface area contributed by atoms with E-state index in [1.54, 1.807) is 12.1 Å². The highest BCUT2D eigenvalue weighted by atomic mass is 35.5. The molecule has 1 aromatic heterocycles. The molecule has 1 aromatic carbocycles. The number of thiazole rings is 1. The van der Waals surface area contributed by atoms with E-state index in [2.05, 4.69) is 4.98 Å². The van der Waals surface area contributed by atoms with Gasteiger partial charge in [0.25, 0.3) is 0 Å². The first-order valence-electron chi connectivity index (χ1n) is 5.06. The summed E-state index contributed by atoms with van der Waals surface area (Å²) in [4.78, 5) is 4.17. The molecule has 0 atom stereocenters. The number of halogens is 1. The van der Waals surface area contributed by atoms with Crippen LogP contribution in [-0.4, -0.2) is 11.6 Å². The number of anilines is 2. The summed E-state index contributed by atoms with van der Waals surface area (Å²) in [6.45, 7) is 2.48.